The molecule has 0 aliphatic heterocycles. The molecule has 1 N–H and O–H groups in total. The first-order valence-corrected chi connectivity index (χ1v) is 6.87. The molecule has 0 saturated carbocycles. The zero-order valence-corrected chi connectivity index (χ0v) is 10.9. The van der Waals surface area contributed by atoms with Gasteiger partial charge >= 0.3 is 0 Å². The number of nitrogens with one attached hydrogen (secondary N) is 1. The van der Waals surface area contributed by atoms with E-state index in [-0.39, 0.29) is 0 Å². The first-order chi connectivity index (χ1) is 7.24. The molecule has 1 heterocycles. The Balaban J connectivity index is 2.22. The maximum atomic E-state index is 3.57. The van der Waals surface area contributed by atoms with Crippen LogP contribution < -0.4 is 5.32 Å². The van der Waals surface area contributed by atoms with E-state index in [4.69, 9.17) is 0 Å². The van der Waals surface area contributed by atoms with E-state index in [1.54, 1.807) is 0 Å². The first-order valence-electron chi connectivity index (χ1n) is 5.99. The second-order valence-corrected chi connectivity index (χ2v) is 5.41. The van der Waals surface area contributed by atoms with Crippen LogP contribution in [0.1, 0.15) is 38.5 Å². The highest BCUT2D eigenvalue weighted by molar-refractivity contribution is 7.09. The van der Waals surface area contributed by atoms with E-state index >= 15 is 0 Å². The Kier molecular flexibility index (Phi) is 5.96. The Labute approximate surface area is 97.9 Å². The van der Waals surface area contributed by atoms with E-state index < -0.39 is 0 Å². The molecule has 0 fully saturated rings. The van der Waals surface area contributed by atoms with Crippen molar-refractivity contribution < 1.29 is 0 Å². The molecule has 1 atom stereocenters. The van der Waals surface area contributed by atoms with E-state index in [1.807, 2.05) is 11.3 Å². The third-order valence-corrected chi connectivity index (χ3v) is 3.73. The molecule has 1 rings (SSSR count). The van der Waals surface area contributed by atoms with Crippen molar-refractivity contribution in [2.75, 3.05) is 6.54 Å². The van der Waals surface area contributed by atoms with Gasteiger partial charge in [-0.25, -0.2) is 0 Å². The quantitative estimate of drug-likeness (QED) is 0.746. The molecule has 0 saturated heterocycles. The van der Waals surface area contributed by atoms with Crippen LogP contribution in [0, 0.1) is 5.92 Å². The Hall–Kier alpha value is -0.340. The van der Waals surface area contributed by atoms with Crippen molar-refractivity contribution in [3.8, 4) is 0 Å². The number of hydrogen-bond donors (Lipinski definition) is 1. The maximum absolute atomic E-state index is 3.57. The van der Waals surface area contributed by atoms with Crippen LogP contribution in [0.4, 0.5) is 0 Å². The van der Waals surface area contributed by atoms with Crippen LogP contribution in [0.5, 0.6) is 0 Å². The maximum Gasteiger partial charge on any atom is 0.00900 e. The summed E-state index contributed by atoms with van der Waals surface area (Å²) in [4.78, 5) is 1.52. The minimum atomic E-state index is 0.690. The van der Waals surface area contributed by atoms with E-state index in [0.29, 0.717) is 6.04 Å². The molecular formula is C13H23NS. The Morgan fingerprint density at radius 3 is 2.73 bits per heavy atom. The highest BCUT2D eigenvalue weighted by Gasteiger charge is 2.11. The zero-order valence-electron chi connectivity index (χ0n) is 10.1. The van der Waals surface area contributed by atoms with Gasteiger partial charge in [-0.1, -0.05) is 26.8 Å². The van der Waals surface area contributed by atoms with Crippen LogP contribution in [-0.4, -0.2) is 12.6 Å². The molecule has 0 aromatic carbocycles. The van der Waals surface area contributed by atoms with Crippen molar-refractivity contribution in [2.24, 2.45) is 5.92 Å². The molecule has 0 radical (unpaired) electrons. The van der Waals surface area contributed by atoms with E-state index in [0.717, 1.165) is 12.5 Å². The highest BCUT2D eigenvalue weighted by atomic mass is 32.1. The molecular weight excluding hydrogens is 202 g/mol. The van der Waals surface area contributed by atoms with Crippen molar-refractivity contribution >= 4 is 11.3 Å². The van der Waals surface area contributed by atoms with Gasteiger partial charge in [0.05, 0.1) is 0 Å². The van der Waals surface area contributed by atoms with Gasteiger partial charge in [0.2, 0.25) is 0 Å². The largest absolute Gasteiger partial charge is 0.314 e. The van der Waals surface area contributed by atoms with Crippen LogP contribution >= 0.6 is 11.3 Å². The van der Waals surface area contributed by atoms with Gasteiger partial charge in [-0.15, -0.1) is 11.3 Å². The average molecular weight is 225 g/mol. The summed E-state index contributed by atoms with van der Waals surface area (Å²) in [7, 11) is 0. The second-order valence-electron chi connectivity index (χ2n) is 4.38. The van der Waals surface area contributed by atoms with Crippen LogP contribution in [0.15, 0.2) is 17.5 Å². The molecule has 15 heavy (non-hydrogen) atoms. The lowest BCUT2D eigenvalue weighted by Gasteiger charge is -2.21. The summed E-state index contributed by atoms with van der Waals surface area (Å²) >= 11 is 1.88. The van der Waals surface area contributed by atoms with Gasteiger partial charge in [0.25, 0.3) is 0 Å². The molecule has 0 spiro atoms. The molecule has 86 valence electrons. The summed E-state index contributed by atoms with van der Waals surface area (Å²) in [5.41, 5.74) is 0. The summed E-state index contributed by atoms with van der Waals surface area (Å²) in [5.74, 6) is 0.744. The summed E-state index contributed by atoms with van der Waals surface area (Å²) in [5, 5.41) is 5.73. The van der Waals surface area contributed by atoms with Gasteiger partial charge in [-0.2, -0.15) is 0 Å². The fourth-order valence-electron chi connectivity index (χ4n) is 1.88. The molecule has 0 bridgehead atoms. The molecule has 1 aromatic heterocycles. The SMILES string of the molecule is CCNC(CCCc1cccs1)C(C)C. The number of thiophene rings is 1. The van der Waals surface area contributed by atoms with Crippen molar-refractivity contribution in [3.63, 3.8) is 0 Å². The Bertz CT molecular complexity index is 241. The van der Waals surface area contributed by atoms with Crippen LogP contribution in [0.3, 0.4) is 0 Å². The smallest absolute Gasteiger partial charge is 0.00900 e. The van der Waals surface area contributed by atoms with Crippen LogP contribution in [0.25, 0.3) is 0 Å². The van der Waals surface area contributed by atoms with Gasteiger partial charge < -0.3 is 5.32 Å². The topological polar surface area (TPSA) is 12.0 Å². The van der Waals surface area contributed by atoms with E-state index in [9.17, 15) is 0 Å². The molecule has 1 nitrogen and oxygen atoms in total. The van der Waals surface area contributed by atoms with E-state index in [2.05, 4.69) is 43.6 Å². The summed E-state index contributed by atoms with van der Waals surface area (Å²) in [6, 6.07) is 5.07. The summed E-state index contributed by atoms with van der Waals surface area (Å²) in [6.45, 7) is 7.88. The fourth-order valence-corrected chi connectivity index (χ4v) is 2.64. The van der Waals surface area contributed by atoms with Crippen molar-refractivity contribution in [2.45, 2.75) is 46.1 Å². The van der Waals surface area contributed by atoms with Gasteiger partial charge in [0.15, 0.2) is 0 Å². The normalized spacial score (nSPS) is 13.3. The number of rotatable bonds is 7. The minimum Gasteiger partial charge on any atom is -0.314 e. The van der Waals surface area contributed by atoms with Gasteiger partial charge in [0, 0.05) is 10.9 Å². The third kappa shape index (κ3) is 4.80. The lowest BCUT2D eigenvalue weighted by molar-refractivity contribution is 0.377. The Morgan fingerprint density at radius 2 is 2.20 bits per heavy atom. The monoisotopic (exact) mass is 225 g/mol. The fraction of sp³-hybridized carbons (Fsp3) is 0.692. The number of hydrogen-bond acceptors (Lipinski definition) is 2. The lowest BCUT2D eigenvalue weighted by Crippen LogP contribution is -2.33. The highest BCUT2D eigenvalue weighted by Crippen LogP contribution is 2.15. The zero-order chi connectivity index (χ0) is 11.1. The van der Waals surface area contributed by atoms with Crippen molar-refractivity contribution in [1.29, 1.82) is 0 Å². The van der Waals surface area contributed by atoms with Gasteiger partial charge in [0.1, 0.15) is 0 Å². The Morgan fingerprint density at radius 1 is 1.40 bits per heavy atom. The standard InChI is InChI=1S/C13H23NS/c1-4-14-13(11(2)3)9-5-7-12-8-6-10-15-12/h6,8,10-11,13-14H,4-5,7,9H2,1-3H3. The molecule has 0 amide bonds. The molecule has 0 aliphatic rings. The van der Waals surface area contributed by atoms with Crippen LogP contribution in [0.2, 0.25) is 0 Å². The first kappa shape index (κ1) is 12.7. The minimum absolute atomic E-state index is 0.690. The molecule has 0 aliphatic carbocycles. The summed E-state index contributed by atoms with van der Waals surface area (Å²) in [6.07, 6.45) is 3.84. The van der Waals surface area contributed by atoms with Gasteiger partial charge in [-0.3, -0.25) is 0 Å². The second kappa shape index (κ2) is 7.02. The van der Waals surface area contributed by atoms with Gasteiger partial charge in [-0.05, 0) is 43.2 Å². The average Bonchev–Trinajstić information content (AvgIpc) is 2.69. The molecule has 2 heteroatoms. The van der Waals surface area contributed by atoms with Crippen molar-refractivity contribution in [3.05, 3.63) is 22.4 Å². The summed E-state index contributed by atoms with van der Waals surface area (Å²) < 4.78 is 0. The van der Waals surface area contributed by atoms with E-state index in [1.165, 1.54) is 24.1 Å². The van der Waals surface area contributed by atoms with Crippen molar-refractivity contribution in [1.82, 2.24) is 5.32 Å². The third-order valence-electron chi connectivity index (χ3n) is 2.79. The predicted molar refractivity (Wildman–Crippen MR) is 69.6 cm³/mol. The number of aryl methyl sites for hydroxylation is 1. The molecule has 1 aromatic rings. The van der Waals surface area contributed by atoms with Crippen LogP contribution in [-0.2, 0) is 6.42 Å². The molecule has 1 unspecified atom stereocenters. The predicted octanol–water partition coefficient (Wildman–Crippen LogP) is 3.70. The lowest BCUT2D eigenvalue weighted by atomic mass is 9.98.